The Morgan fingerprint density at radius 3 is 2.50 bits per heavy atom. The number of ketones is 1. The lowest BCUT2D eigenvalue weighted by Crippen LogP contribution is -2.31. The van der Waals surface area contributed by atoms with Crippen LogP contribution in [0.5, 0.6) is 0 Å². The maximum Gasteiger partial charge on any atom is 0.289 e. The first-order chi connectivity index (χ1) is 7.41. The van der Waals surface area contributed by atoms with Gasteiger partial charge in [-0.25, -0.2) is 4.39 Å². The molecule has 0 radical (unpaired) electrons. The minimum Gasteiger partial charge on any atom is -0.335 e. The second-order valence-electron chi connectivity index (χ2n) is 3.80. The number of carbonyl (C=O) groups excluding carboxylic acids is 2. The number of rotatable bonds is 3. The number of aryl methyl sites for hydroxylation is 1. The third-order valence-electron chi connectivity index (χ3n) is 2.29. The van der Waals surface area contributed by atoms with E-state index >= 15 is 0 Å². The number of hydrogen-bond acceptors (Lipinski definition) is 2. The zero-order valence-corrected chi connectivity index (χ0v) is 9.58. The van der Waals surface area contributed by atoms with Crippen molar-refractivity contribution < 1.29 is 14.0 Å². The average molecular weight is 223 g/mol. The molecule has 1 rings (SSSR count). The standard InChI is InChI=1S/C12H14FNO2/c1-8-6-10(4-5-11(8)13)7-14(3)12(16)9(2)15/h4-6H,7H2,1-3H3. The molecule has 0 saturated carbocycles. The molecule has 0 aliphatic carbocycles. The van der Waals surface area contributed by atoms with Crippen LogP contribution in [0.4, 0.5) is 4.39 Å². The topological polar surface area (TPSA) is 37.4 Å². The molecule has 0 atom stereocenters. The molecule has 0 unspecified atom stereocenters. The molecular formula is C12H14FNO2. The molecule has 0 spiro atoms. The summed E-state index contributed by atoms with van der Waals surface area (Å²) >= 11 is 0. The van der Waals surface area contributed by atoms with Crippen molar-refractivity contribution in [3.8, 4) is 0 Å². The van der Waals surface area contributed by atoms with Gasteiger partial charge >= 0.3 is 0 Å². The predicted octanol–water partition coefficient (Wildman–Crippen LogP) is 1.68. The molecule has 1 amide bonds. The van der Waals surface area contributed by atoms with Gasteiger partial charge in [-0.3, -0.25) is 9.59 Å². The second-order valence-corrected chi connectivity index (χ2v) is 3.80. The molecule has 0 aliphatic rings. The van der Waals surface area contributed by atoms with Gasteiger partial charge in [0.25, 0.3) is 5.91 Å². The van der Waals surface area contributed by atoms with Gasteiger partial charge in [0, 0.05) is 20.5 Å². The highest BCUT2D eigenvalue weighted by atomic mass is 19.1. The molecule has 0 aromatic heterocycles. The molecule has 0 aliphatic heterocycles. The monoisotopic (exact) mass is 223 g/mol. The van der Waals surface area contributed by atoms with Gasteiger partial charge in [0.2, 0.25) is 5.78 Å². The zero-order valence-electron chi connectivity index (χ0n) is 9.58. The SMILES string of the molecule is CC(=O)C(=O)N(C)Cc1ccc(F)c(C)c1. The van der Waals surface area contributed by atoms with Crippen molar-refractivity contribution in [2.75, 3.05) is 7.05 Å². The van der Waals surface area contributed by atoms with E-state index in [0.29, 0.717) is 12.1 Å². The molecule has 0 fully saturated rings. The number of Topliss-reactive ketones (excluding diaryl/α,β-unsaturated/α-hetero) is 1. The van der Waals surface area contributed by atoms with E-state index in [2.05, 4.69) is 0 Å². The molecule has 16 heavy (non-hydrogen) atoms. The minimum absolute atomic E-state index is 0.274. The fourth-order valence-electron chi connectivity index (χ4n) is 1.42. The van der Waals surface area contributed by atoms with Crippen LogP contribution >= 0.6 is 0 Å². The first kappa shape index (κ1) is 12.4. The molecule has 4 heteroatoms. The molecule has 0 bridgehead atoms. The van der Waals surface area contributed by atoms with E-state index in [1.807, 2.05) is 0 Å². The highest BCUT2D eigenvalue weighted by molar-refractivity contribution is 6.34. The third kappa shape index (κ3) is 2.89. The Hall–Kier alpha value is -1.71. The van der Waals surface area contributed by atoms with Gasteiger partial charge in [-0.15, -0.1) is 0 Å². The lowest BCUT2D eigenvalue weighted by molar-refractivity contribution is -0.143. The first-order valence-corrected chi connectivity index (χ1v) is 4.93. The summed E-state index contributed by atoms with van der Waals surface area (Å²) in [5, 5.41) is 0. The summed E-state index contributed by atoms with van der Waals surface area (Å²) in [7, 11) is 1.54. The summed E-state index contributed by atoms with van der Waals surface area (Å²) < 4.78 is 13.0. The van der Waals surface area contributed by atoms with Crippen LogP contribution < -0.4 is 0 Å². The van der Waals surface area contributed by atoms with Gasteiger partial charge < -0.3 is 4.90 Å². The van der Waals surface area contributed by atoms with Crippen molar-refractivity contribution in [2.45, 2.75) is 20.4 Å². The molecule has 0 heterocycles. The van der Waals surface area contributed by atoms with Crippen molar-refractivity contribution in [3.05, 3.63) is 35.1 Å². The molecule has 0 saturated heterocycles. The zero-order chi connectivity index (χ0) is 12.3. The number of hydrogen-bond donors (Lipinski definition) is 0. The summed E-state index contributed by atoms with van der Waals surface area (Å²) in [6.07, 6.45) is 0. The average Bonchev–Trinajstić information content (AvgIpc) is 2.22. The summed E-state index contributed by atoms with van der Waals surface area (Å²) in [6, 6.07) is 4.63. The third-order valence-corrected chi connectivity index (χ3v) is 2.29. The van der Waals surface area contributed by atoms with Gasteiger partial charge in [-0.05, 0) is 24.1 Å². The van der Waals surface area contributed by atoms with E-state index in [-0.39, 0.29) is 5.82 Å². The maximum atomic E-state index is 13.0. The number of carbonyl (C=O) groups is 2. The van der Waals surface area contributed by atoms with Crippen molar-refractivity contribution in [1.29, 1.82) is 0 Å². The summed E-state index contributed by atoms with van der Waals surface area (Å²) in [5.74, 6) is -1.31. The van der Waals surface area contributed by atoms with Crippen molar-refractivity contribution in [1.82, 2.24) is 4.90 Å². The van der Waals surface area contributed by atoms with Gasteiger partial charge in [-0.1, -0.05) is 12.1 Å². The number of nitrogens with zero attached hydrogens (tertiary/aromatic N) is 1. The van der Waals surface area contributed by atoms with E-state index in [1.54, 1.807) is 26.1 Å². The molecule has 0 N–H and O–H groups in total. The number of likely N-dealkylation sites (N-methyl/N-ethyl adjacent to an activating group) is 1. The Morgan fingerprint density at radius 1 is 1.38 bits per heavy atom. The predicted molar refractivity (Wildman–Crippen MR) is 58.3 cm³/mol. The molecular weight excluding hydrogens is 209 g/mol. The maximum absolute atomic E-state index is 13.0. The number of benzene rings is 1. The van der Waals surface area contributed by atoms with Crippen LogP contribution in [0.2, 0.25) is 0 Å². The summed E-state index contributed by atoms with van der Waals surface area (Å²) in [4.78, 5) is 23.5. The largest absolute Gasteiger partial charge is 0.335 e. The molecule has 86 valence electrons. The number of amides is 1. The summed E-state index contributed by atoms with van der Waals surface area (Å²) in [6.45, 7) is 3.19. The normalized spacial score (nSPS) is 10.0. The Bertz CT molecular complexity index is 429. The van der Waals surface area contributed by atoms with Crippen molar-refractivity contribution in [3.63, 3.8) is 0 Å². The van der Waals surface area contributed by atoms with Crippen LogP contribution in [-0.4, -0.2) is 23.6 Å². The van der Waals surface area contributed by atoms with E-state index < -0.39 is 11.7 Å². The van der Waals surface area contributed by atoms with Crippen molar-refractivity contribution >= 4 is 11.7 Å². The van der Waals surface area contributed by atoms with E-state index in [0.717, 1.165) is 5.56 Å². The van der Waals surface area contributed by atoms with E-state index in [1.165, 1.54) is 17.9 Å². The highest BCUT2D eigenvalue weighted by Gasteiger charge is 2.14. The van der Waals surface area contributed by atoms with Gasteiger partial charge in [0.1, 0.15) is 5.82 Å². The Balaban J connectivity index is 2.77. The van der Waals surface area contributed by atoms with Gasteiger partial charge in [0.05, 0.1) is 0 Å². The van der Waals surface area contributed by atoms with Gasteiger partial charge in [-0.2, -0.15) is 0 Å². The molecule has 1 aromatic rings. The van der Waals surface area contributed by atoms with Gasteiger partial charge in [0.15, 0.2) is 0 Å². The quantitative estimate of drug-likeness (QED) is 0.731. The number of halogens is 1. The lowest BCUT2D eigenvalue weighted by atomic mass is 10.1. The summed E-state index contributed by atoms with van der Waals surface area (Å²) in [5.41, 5.74) is 1.33. The smallest absolute Gasteiger partial charge is 0.289 e. The van der Waals surface area contributed by atoms with Crippen LogP contribution in [0.3, 0.4) is 0 Å². The van der Waals surface area contributed by atoms with Crippen LogP contribution in [0.15, 0.2) is 18.2 Å². The first-order valence-electron chi connectivity index (χ1n) is 4.93. The fourth-order valence-corrected chi connectivity index (χ4v) is 1.42. The van der Waals surface area contributed by atoms with Crippen LogP contribution in [-0.2, 0) is 16.1 Å². The highest BCUT2D eigenvalue weighted by Crippen LogP contribution is 2.10. The van der Waals surface area contributed by atoms with E-state index in [9.17, 15) is 14.0 Å². The van der Waals surface area contributed by atoms with Crippen LogP contribution in [0.25, 0.3) is 0 Å². The Morgan fingerprint density at radius 2 is 2.00 bits per heavy atom. The second kappa shape index (κ2) is 4.88. The van der Waals surface area contributed by atoms with E-state index in [4.69, 9.17) is 0 Å². The van der Waals surface area contributed by atoms with Crippen LogP contribution in [0, 0.1) is 12.7 Å². The Labute approximate surface area is 93.9 Å². The minimum atomic E-state index is -0.540. The Kier molecular flexibility index (Phi) is 3.77. The molecule has 3 nitrogen and oxygen atoms in total. The van der Waals surface area contributed by atoms with Crippen molar-refractivity contribution in [2.24, 2.45) is 0 Å². The lowest BCUT2D eigenvalue weighted by Gasteiger charge is -2.15. The van der Waals surface area contributed by atoms with Crippen LogP contribution in [0.1, 0.15) is 18.1 Å². The molecule has 1 aromatic carbocycles. The fraction of sp³-hybridized carbons (Fsp3) is 0.333.